The maximum atomic E-state index is 12.2. The molecular formula is C9H8ClF2NO2. The topological polar surface area (TPSA) is 39.2 Å². The van der Waals surface area contributed by atoms with E-state index in [2.05, 4.69) is 9.72 Å². The lowest BCUT2D eigenvalue weighted by Crippen LogP contribution is -2.07. The van der Waals surface area contributed by atoms with Crippen LogP contribution in [0.2, 0.25) is 5.02 Å². The minimum atomic E-state index is -2.62. The van der Waals surface area contributed by atoms with Crippen molar-refractivity contribution in [2.24, 2.45) is 0 Å². The summed E-state index contributed by atoms with van der Waals surface area (Å²) in [7, 11) is 1.23. The van der Waals surface area contributed by atoms with Crippen LogP contribution < -0.4 is 0 Å². The van der Waals surface area contributed by atoms with E-state index in [-0.39, 0.29) is 22.7 Å². The van der Waals surface area contributed by atoms with E-state index in [0.29, 0.717) is 0 Å². The SMILES string of the molecule is COC(=O)Cc1ncc(C(F)F)cc1Cl. The molecule has 0 amide bonds. The molecule has 0 N–H and O–H groups in total. The number of rotatable bonds is 3. The third-order valence-corrected chi connectivity index (χ3v) is 2.06. The minimum Gasteiger partial charge on any atom is -0.469 e. The van der Waals surface area contributed by atoms with Gasteiger partial charge in [0.15, 0.2) is 0 Å². The van der Waals surface area contributed by atoms with E-state index in [1.165, 1.54) is 7.11 Å². The number of methoxy groups -OCH3 is 1. The predicted octanol–water partition coefficient (Wildman–Crippen LogP) is 2.39. The number of pyridine rings is 1. The van der Waals surface area contributed by atoms with Gasteiger partial charge in [0.2, 0.25) is 0 Å². The number of nitrogens with zero attached hydrogens (tertiary/aromatic N) is 1. The Balaban J connectivity index is 2.88. The zero-order valence-electron chi connectivity index (χ0n) is 7.84. The summed E-state index contributed by atoms with van der Waals surface area (Å²) in [6, 6.07) is 1.09. The van der Waals surface area contributed by atoms with Gasteiger partial charge in [-0.25, -0.2) is 8.78 Å². The monoisotopic (exact) mass is 235 g/mol. The number of hydrogen-bond donors (Lipinski definition) is 0. The van der Waals surface area contributed by atoms with Gasteiger partial charge in [0.25, 0.3) is 6.43 Å². The van der Waals surface area contributed by atoms with Crippen LogP contribution in [0, 0.1) is 0 Å². The lowest BCUT2D eigenvalue weighted by atomic mass is 10.2. The highest BCUT2D eigenvalue weighted by Crippen LogP contribution is 2.23. The number of halogens is 3. The van der Waals surface area contributed by atoms with Gasteiger partial charge in [-0.15, -0.1) is 0 Å². The maximum Gasteiger partial charge on any atom is 0.311 e. The van der Waals surface area contributed by atoms with Crippen molar-refractivity contribution in [2.45, 2.75) is 12.8 Å². The normalized spacial score (nSPS) is 10.5. The molecule has 0 aliphatic heterocycles. The van der Waals surface area contributed by atoms with Crippen molar-refractivity contribution in [3.63, 3.8) is 0 Å². The molecular weight excluding hydrogens is 228 g/mol. The van der Waals surface area contributed by atoms with Gasteiger partial charge in [-0.2, -0.15) is 0 Å². The Morgan fingerprint density at radius 1 is 1.67 bits per heavy atom. The van der Waals surface area contributed by atoms with Crippen molar-refractivity contribution >= 4 is 17.6 Å². The van der Waals surface area contributed by atoms with Crippen LogP contribution in [0.5, 0.6) is 0 Å². The Bertz CT molecular complexity index is 371. The fraction of sp³-hybridized carbons (Fsp3) is 0.333. The van der Waals surface area contributed by atoms with Crippen LogP contribution in [0.3, 0.4) is 0 Å². The number of ether oxygens (including phenoxy) is 1. The molecule has 0 saturated heterocycles. The van der Waals surface area contributed by atoms with Crippen LogP contribution in [0.4, 0.5) is 8.78 Å². The molecule has 0 saturated carbocycles. The second-order valence-electron chi connectivity index (χ2n) is 2.75. The maximum absolute atomic E-state index is 12.2. The molecule has 1 heterocycles. The second-order valence-corrected chi connectivity index (χ2v) is 3.16. The third kappa shape index (κ3) is 3.13. The molecule has 0 fully saturated rings. The van der Waals surface area contributed by atoms with E-state index >= 15 is 0 Å². The predicted molar refractivity (Wildman–Crippen MR) is 49.9 cm³/mol. The zero-order chi connectivity index (χ0) is 11.4. The fourth-order valence-corrected chi connectivity index (χ4v) is 1.18. The van der Waals surface area contributed by atoms with Gasteiger partial charge in [-0.05, 0) is 6.07 Å². The highest BCUT2D eigenvalue weighted by atomic mass is 35.5. The van der Waals surface area contributed by atoms with E-state index in [0.717, 1.165) is 12.3 Å². The van der Waals surface area contributed by atoms with Crippen LogP contribution in [0.1, 0.15) is 17.7 Å². The summed E-state index contributed by atoms with van der Waals surface area (Å²) in [4.78, 5) is 14.6. The van der Waals surface area contributed by atoms with Crippen LogP contribution in [-0.4, -0.2) is 18.1 Å². The number of alkyl halides is 2. The quantitative estimate of drug-likeness (QED) is 0.755. The Hall–Kier alpha value is -1.23. The van der Waals surface area contributed by atoms with Crippen LogP contribution in [0.15, 0.2) is 12.3 Å². The van der Waals surface area contributed by atoms with E-state index in [4.69, 9.17) is 11.6 Å². The van der Waals surface area contributed by atoms with E-state index in [1.807, 2.05) is 0 Å². The molecule has 0 radical (unpaired) electrons. The molecule has 0 aliphatic carbocycles. The molecule has 15 heavy (non-hydrogen) atoms. The zero-order valence-corrected chi connectivity index (χ0v) is 8.59. The van der Waals surface area contributed by atoms with E-state index in [9.17, 15) is 13.6 Å². The summed E-state index contributed by atoms with van der Waals surface area (Å²) in [5.74, 6) is -0.519. The summed E-state index contributed by atoms with van der Waals surface area (Å²) >= 11 is 5.67. The van der Waals surface area contributed by atoms with Crippen molar-refractivity contribution in [3.8, 4) is 0 Å². The fourth-order valence-electron chi connectivity index (χ4n) is 0.939. The average Bonchev–Trinajstić information content (AvgIpc) is 2.20. The summed E-state index contributed by atoms with van der Waals surface area (Å²) in [5.41, 5.74) is -0.0402. The second kappa shape index (κ2) is 5.02. The molecule has 0 aliphatic rings. The molecule has 0 spiro atoms. The van der Waals surface area contributed by atoms with Crippen molar-refractivity contribution in [1.29, 1.82) is 0 Å². The molecule has 0 aromatic carbocycles. The molecule has 82 valence electrons. The van der Waals surface area contributed by atoms with Crippen molar-refractivity contribution < 1.29 is 18.3 Å². The molecule has 1 aromatic rings. The van der Waals surface area contributed by atoms with Gasteiger partial charge in [-0.1, -0.05) is 11.6 Å². The van der Waals surface area contributed by atoms with Gasteiger partial charge in [0.1, 0.15) is 0 Å². The molecule has 1 rings (SSSR count). The van der Waals surface area contributed by atoms with Gasteiger partial charge < -0.3 is 4.74 Å². The van der Waals surface area contributed by atoms with Gasteiger partial charge in [0.05, 0.1) is 24.2 Å². The Morgan fingerprint density at radius 3 is 2.80 bits per heavy atom. The Kier molecular flexibility index (Phi) is 3.96. The van der Waals surface area contributed by atoms with E-state index < -0.39 is 12.4 Å². The highest BCUT2D eigenvalue weighted by Gasteiger charge is 2.13. The average molecular weight is 236 g/mol. The van der Waals surface area contributed by atoms with E-state index in [1.54, 1.807) is 0 Å². The number of hydrogen-bond acceptors (Lipinski definition) is 3. The molecule has 1 aromatic heterocycles. The standard InChI is InChI=1S/C9H8ClF2NO2/c1-15-8(14)3-7-6(10)2-5(4-13-7)9(11)12/h2,4,9H,3H2,1H3. The van der Waals surface area contributed by atoms with Gasteiger partial charge in [0, 0.05) is 11.8 Å². The smallest absolute Gasteiger partial charge is 0.311 e. The summed E-state index contributed by atoms with van der Waals surface area (Å²) in [6.07, 6.45) is -1.75. The first-order valence-electron chi connectivity index (χ1n) is 4.04. The first-order valence-corrected chi connectivity index (χ1v) is 4.41. The van der Waals surface area contributed by atoms with Crippen LogP contribution >= 0.6 is 11.6 Å². The minimum absolute atomic E-state index is 0.0400. The molecule has 0 bridgehead atoms. The highest BCUT2D eigenvalue weighted by molar-refractivity contribution is 6.31. The lowest BCUT2D eigenvalue weighted by Gasteiger charge is -2.04. The molecule has 3 nitrogen and oxygen atoms in total. The number of carbonyl (C=O) groups excluding carboxylic acids is 1. The first kappa shape index (κ1) is 11.8. The molecule has 6 heteroatoms. The number of aromatic nitrogens is 1. The molecule has 0 atom stereocenters. The molecule has 0 unspecified atom stereocenters. The summed E-state index contributed by atoms with van der Waals surface area (Å²) in [5, 5.41) is 0.0400. The van der Waals surface area contributed by atoms with Gasteiger partial charge in [-0.3, -0.25) is 9.78 Å². The lowest BCUT2D eigenvalue weighted by molar-refractivity contribution is -0.139. The summed E-state index contributed by atoms with van der Waals surface area (Å²) < 4.78 is 28.8. The number of esters is 1. The van der Waals surface area contributed by atoms with Crippen LogP contribution in [-0.2, 0) is 16.0 Å². The third-order valence-electron chi connectivity index (χ3n) is 1.73. The summed E-state index contributed by atoms with van der Waals surface area (Å²) in [6.45, 7) is 0. The van der Waals surface area contributed by atoms with Crippen molar-refractivity contribution in [1.82, 2.24) is 4.98 Å². The van der Waals surface area contributed by atoms with Gasteiger partial charge >= 0.3 is 5.97 Å². The largest absolute Gasteiger partial charge is 0.469 e. The van der Waals surface area contributed by atoms with Crippen molar-refractivity contribution in [3.05, 3.63) is 28.5 Å². The Morgan fingerprint density at radius 2 is 2.33 bits per heavy atom. The van der Waals surface area contributed by atoms with Crippen molar-refractivity contribution in [2.75, 3.05) is 7.11 Å². The first-order chi connectivity index (χ1) is 7.04. The Labute approximate surface area is 90.0 Å². The van der Waals surface area contributed by atoms with Crippen LogP contribution in [0.25, 0.3) is 0 Å². The number of carbonyl (C=O) groups is 1.